The third kappa shape index (κ3) is 7.04. The van der Waals surface area contributed by atoms with Gasteiger partial charge in [-0.15, -0.1) is 0 Å². The Kier molecular flexibility index (Phi) is 4.31. The lowest BCUT2D eigenvalue weighted by Gasteiger charge is -2.05. The van der Waals surface area contributed by atoms with Crippen LogP contribution in [0.3, 0.4) is 0 Å². The van der Waals surface area contributed by atoms with Gasteiger partial charge in [0, 0.05) is 6.42 Å². The van der Waals surface area contributed by atoms with Gasteiger partial charge in [-0.05, 0) is 13.1 Å². The fourth-order valence-electron chi connectivity index (χ4n) is 0.487. The smallest absolute Gasteiger partial charge is 0.389 e. The number of halogens is 3. The predicted octanol–water partition coefficient (Wildman–Crippen LogP) is 1.98. The molecule has 70 valence electrons. The lowest BCUT2D eigenvalue weighted by atomic mass is 10.3. The Balaban J connectivity index is 3.34. The molecule has 12 heavy (non-hydrogen) atoms. The highest BCUT2D eigenvalue weighted by Gasteiger charge is 2.26. The molecular weight excluding hydrogens is 173 g/mol. The van der Waals surface area contributed by atoms with Crippen LogP contribution in [0.15, 0.2) is 4.99 Å². The van der Waals surface area contributed by atoms with Crippen molar-refractivity contribution in [1.82, 2.24) is 0 Å². The highest BCUT2D eigenvalue weighted by Crippen LogP contribution is 2.20. The average molecular weight is 182 g/mol. The van der Waals surface area contributed by atoms with Crippen LogP contribution in [0.1, 0.15) is 12.8 Å². The highest BCUT2D eigenvalue weighted by atomic mass is 19.4. The van der Waals surface area contributed by atoms with E-state index in [0.29, 0.717) is 0 Å². The zero-order valence-corrected chi connectivity index (χ0v) is 6.32. The molecule has 0 saturated heterocycles. The molecule has 3 nitrogen and oxygen atoms in total. The average Bonchev–Trinajstić information content (AvgIpc) is 1.96. The van der Waals surface area contributed by atoms with E-state index in [0.717, 1.165) is 0 Å². The number of ether oxygens (including phenoxy) is 1. The fourth-order valence-corrected chi connectivity index (χ4v) is 0.487. The Morgan fingerprint density at radius 1 is 1.50 bits per heavy atom. The molecule has 0 saturated carbocycles. The lowest BCUT2D eigenvalue weighted by Crippen LogP contribution is -2.10. The van der Waals surface area contributed by atoms with Gasteiger partial charge in [-0.2, -0.15) is 13.2 Å². The molecule has 0 amide bonds. The van der Waals surface area contributed by atoms with Gasteiger partial charge in [0.2, 0.25) is 0 Å². The van der Waals surface area contributed by atoms with Crippen LogP contribution in [0.4, 0.5) is 13.2 Å². The number of aliphatic imine (C=N–C) groups is 1. The summed E-state index contributed by atoms with van der Waals surface area (Å²) in [5.74, 6) is 0. The van der Waals surface area contributed by atoms with Crippen molar-refractivity contribution in [3.05, 3.63) is 0 Å². The van der Waals surface area contributed by atoms with E-state index in [1.807, 2.05) is 0 Å². The van der Waals surface area contributed by atoms with Crippen LogP contribution in [0, 0.1) is 5.41 Å². The van der Waals surface area contributed by atoms with Crippen molar-refractivity contribution in [2.24, 2.45) is 4.99 Å². The largest absolute Gasteiger partial charge is 0.464 e. The van der Waals surface area contributed by atoms with Gasteiger partial charge in [-0.1, -0.05) is 0 Å². The van der Waals surface area contributed by atoms with Crippen LogP contribution in [-0.4, -0.2) is 25.5 Å². The molecule has 0 aromatic rings. The summed E-state index contributed by atoms with van der Waals surface area (Å²) in [6.45, 7) is 2.81. The Hall–Kier alpha value is -1.07. The summed E-state index contributed by atoms with van der Waals surface area (Å²) in [6, 6.07) is -0.447. The van der Waals surface area contributed by atoms with Gasteiger partial charge < -0.3 is 4.74 Å². The molecule has 0 rings (SSSR count). The number of nitrogens with zero attached hydrogens (tertiary/aromatic N) is 1. The molecule has 0 aliphatic heterocycles. The summed E-state index contributed by atoms with van der Waals surface area (Å²) < 4.78 is 39.0. The SMILES string of the molecule is C=NC(=N)OCCCC(F)(F)F. The minimum Gasteiger partial charge on any atom is -0.464 e. The van der Waals surface area contributed by atoms with Crippen molar-refractivity contribution in [2.75, 3.05) is 6.61 Å². The molecule has 6 heteroatoms. The standard InChI is InChI=1S/C6H9F3N2O/c1-11-5(10)12-4-2-3-6(7,8)9/h10H,1-4H2. The lowest BCUT2D eigenvalue weighted by molar-refractivity contribution is -0.136. The molecule has 0 atom stereocenters. The topological polar surface area (TPSA) is 45.4 Å². The maximum atomic E-state index is 11.5. The van der Waals surface area contributed by atoms with E-state index in [1.54, 1.807) is 0 Å². The van der Waals surface area contributed by atoms with E-state index in [9.17, 15) is 13.2 Å². The third-order valence-electron chi connectivity index (χ3n) is 0.987. The Morgan fingerprint density at radius 3 is 2.50 bits per heavy atom. The normalized spacial score (nSPS) is 10.9. The van der Waals surface area contributed by atoms with Gasteiger partial charge in [-0.3, -0.25) is 0 Å². The maximum absolute atomic E-state index is 11.5. The number of rotatable bonds is 3. The van der Waals surface area contributed by atoms with Gasteiger partial charge in [0.1, 0.15) is 0 Å². The zero-order chi connectivity index (χ0) is 9.61. The van der Waals surface area contributed by atoms with Crippen LogP contribution in [0.5, 0.6) is 0 Å². The quantitative estimate of drug-likeness (QED) is 0.405. The highest BCUT2D eigenvalue weighted by molar-refractivity contribution is 5.75. The second-order valence-electron chi connectivity index (χ2n) is 2.03. The number of nitrogens with one attached hydrogen (secondary N) is 1. The summed E-state index contributed by atoms with van der Waals surface area (Å²) in [4.78, 5) is 3.05. The zero-order valence-electron chi connectivity index (χ0n) is 6.32. The number of hydrogen-bond donors (Lipinski definition) is 1. The maximum Gasteiger partial charge on any atom is 0.389 e. The van der Waals surface area contributed by atoms with Crippen LogP contribution in [0.25, 0.3) is 0 Å². The molecule has 0 radical (unpaired) electrons. The number of amidine groups is 1. The van der Waals surface area contributed by atoms with Crippen molar-refractivity contribution >= 4 is 12.7 Å². The molecular formula is C6H9F3N2O. The van der Waals surface area contributed by atoms with Gasteiger partial charge in [0.25, 0.3) is 0 Å². The molecule has 0 aliphatic carbocycles. The van der Waals surface area contributed by atoms with Gasteiger partial charge in [0.05, 0.1) is 6.61 Å². The van der Waals surface area contributed by atoms with Crippen molar-refractivity contribution in [2.45, 2.75) is 19.0 Å². The molecule has 0 heterocycles. The first-order valence-corrected chi connectivity index (χ1v) is 3.20. The van der Waals surface area contributed by atoms with E-state index in [1.165, 1.54) is 0 Å². The number of hydrogen-bond acceptors (Lipinski definition) is 2. The molecule has 0 spiro atoms. The van der Waals surface area contributed by atoms with Crippen molar-refractivity contribution in [3.8, 4) is 0 Å². The summed E-state index contributed by atoms with van der Waals surface area (Å²) in [5.41, 5.74) is 0. The van der Waals surface area contributed by atoms with E-state index < -0.39 is 18.6 Å². The monoisotopic (exact) mass is 182 g/mol. The summed E-state index contributed by atoms with van der Waals surface area (Å²) in [5, 5.41) is 6.74. The molecule has 0 bridgehead atoms. The van der Waals surface area contributed by atoms with E-state index >= 15 is 0 Å². The molecule has 0 aliphatic rings. The Labute approximate surface area is 67.8 Å². The summed E-state index contributed by atoms with van der Waals surface area (Å²) in [6.07, 6.45) is -5.23. The molecule has 0 fully saturated rings. The van der Waals surface area contributed by atoms with Gasteiger partial charge in [-0.25, -0.2) is 10.4 Å². The first kappa shape index (κ1) is 10.9. The van der Waals surface area contributed by atoms with Crippen LogP contribution < -0.4 is 0 Å². The second-order valence-corrected chi connectivity index (χ2v) is 2.03. The Bertz CT molecular complexity index is 167. The van der Waals surface area contributed by atoms with E-state index in [4.69, 9.17) is 5.41 Å². The van der Waals surface area contributed by atoms with Gasteiger partial charge >= 0.3 is 12.2 Å². The first-order valence-electron chi connectivity index (χ1n) is 3.20. The van der Waals surface area contributed by atoms with Crippen LogP contribution in [0.2, 0.25) is 0 Å². The van der Waals surface area contributed by atoms with E-state index in [-0.39, 0.29) is 13.0 Å². The summed E-state index contributed by atoms with van der Waals surface area (Å²) >= 11 is 0. The molecule has 1 N–H and O–H groups in total. The predicted molar refractivity (Wildman–Crippen MR) is 38.5 cm³/mol. The van der Waals surface area contributed by atoms with Crippen LogP contribution in [-0.2, 0) is 4.74 Å². The van der Waals surface area contributed by atoms with Crippen molar-refractivity contribution in [3.63, 3.8) is 0 Å². The minimum atomic E-state index is -4.16. The van der Waals surface area contributed by atoms with E-state index in [2.05, 4.69) is 16.4 Å². The molecule has 0 unspecified atom stereocenters. The van der Waals surface area contributed by atoms with Crippen molar-refractivity contribution < 1.29 is 17.9 Å². The van der Waals surface area contributed by atoms with Crippen molar-refractivity contribution in [1.29, 1.82) is 5.41 Å². The van der Waals surface area contributed by atoms with Crippen LogP contribution >= 0.6 is 0 Å². The minimum absolute atomic E-state index is 0.155. The molecule has 0 aromatic heterocycles. The second kappa shape index (κ2) is 4.74. The third-order valence-corrected chi connectivity index (χ3v) is 0.987. The molecule has 0 aromatic carbocycles. The summed E-state index contributed by atoms with van der Waals surface area (Å²) in [7, 11) is 0. The fraction of sp³-hybridized carbons (Fsp3) is 0.667. The van der Waals surface area contributed by atoms with Gasteiger partial charge in [0.15, 0.2) is 0 Å². The first-order chi connectivity index (χ1) is 5.45. The number of alkyl halides is 3. The Morgan fingerprint density at radius 2 is 2.08 bits per heavy atom.